The Kier molecular flexibility index (Phi) is 2.69. The van der Waals surface area contributed by atoms with Crippen LogP contribution in [0.5, 0.6) is 0 Å². The Morgan fingerprint density at radius 3 is 2.28 bits per heavy atom. The second-order valence-corrected chi connectivity index (χ2v) is 3.17. The maximum atomic E-state index is 12.2. The van der Waals surface area contributed by atoms with Crippen LogP contribution in [0.3, 0.4) is 0 Å². The number of hydrogen-bond acceptors (Lipinski definition) is 5. The number of alkyl halides is 3. The van der Waals surface area contributed by atoms with Gasteiger partial charge >= 0.3 is 6.18 Å². The summed E-state index contributed by atoms with van der Waals surface area (Å²) < 4.78 is 36.7. The number of nitro groups is 1. The molecule has 0 atom stereocenters. The number of nitro benzene ring substituents is 1. The van der Waals surface area contributed by atoms with Crippen molar-refractivity contribution in [1.82, 2.24) is 20.2 Å². The van der Waals surface area contributed by atoms with Crippen molar-refractivity contribution >= 4 is 5.69 Å². The second kappa shape index (κ2) is 4.05. The van der Waals surface area contributed by atoms with Gasteiger partial charge in [-0.05, 0) is 17.3 Å². The molecule has 0 fully saturated rings. The van der Waals surface area contributed by atoms with Crippen molar-refractivity contribution in [2.24, 2.45) is 0 Å². The number of nitrogens with zero attached hydrogens (tertiary/aromatic N) is 5. The summed E-state index contributed by atoms with van der Waals surface area (Å²) in [6.45, 7) is 0. The Hall–Kier alpha value is -2.52. The van der Waals surface area contributed by atoms with Crippen LogP contribution in [0.4, 0.5) is 18.9 Å². The molecule has 0 saturated heterocycles. The third kappa shape index (κ3) is 2.26. The summed E-state index contributed by atoms with van der Waals surface area (Å²) in [5.74, 6) is -1.37. The van der Waals surface area contributed by atoms with E-state index >= 15 is 0 Å². The first-order valence-corrected chi connectivity index (χ1v) is 4.50. The zero-order valence-corrected chi connectivity index (χ0v) is 8.50. The molecule has 0 aliphatic rings. The van der Waals surface area contributed by atoms with E-state index in [9.17, 15) is 23.3 Å². The van der Waals surface area contributed by atoms with Crippen LogP contribution in [-0.2, 0) is 6.18 Å². The number of rotatable bonds is 2. The summed E-state index contributed by atoms with van der Waals surface area (Å²) in [4.78, 5) is 10.4. The number of tetrazole rings is 1. The molecule has 1 aromatic heterocycles. The SMILES string of the molecule is O=[N+]([O-])c1ccc(-n2nnc(C(F)(F)F)n2)cc1. The van der Waals surface area contributed by atoms with Crippen LogP contribution in [0.1, 0.15) is 5.82 Å². The summed E-state index contributed by atoms with van der Waals surface area (Å²) in [6.07, 6.45) is -4.68. The molecule has 0 spiro atoms. The van der Waals surface area contributed by atoms with Crippen molar-refractivity contribution < 1.29 is 18.1 Å². The Labute approximate surface area is 97.0 Å². The lowest BCUT2D eigenvalue weighted by Gasteiger charge is -1.98. The molecule has 7 nitrogen and oxygen atoms in total. The van der Waals surface area contributed by atoms with Crippen molar-refractivity contribution in [2.45, 2.75) is 6.18 Å². The summed E-state index contributed by atoms with van der Waals surface area (Å²) >= 11 is 0. The minimum Gasteiger partial charge on any atom is -0.258 e. The van der Waals surface area contributed by atoms with Gasteiger partial charge in [0.25, 0.3) is 11.5 Å². The molecule has 10 heteroatoms. The van der Waals surface area contributed by atoms with Gasteiger partial charge in [-0.15, -0.1) is 15.0 Å². The molecule has 0 N–H and O–H groups in total. The summed E-state index contributed by atoms with van der Waals surface area (Å²) in [5.41, 5.74) is -0.0430. The van der Waals surface area contributed by atoms with Gasteiger partial charge in [0, 0.05) is 12.1 Å². The molecule has 1 aromatic carbocycles. The van der Waals surface area contributed by atoms with Crippen LogP contribution in [-0.4, -0.2) is 25.1 Å². The van der Waals surface area contributed by atoms with E-state index < -0.39 is 16.9 Å². The summed E-state index contributed by atoms with van der Waals surface area (Å²) in [7, 11) is 0. The second-order valence-electron chi connectivity index (χ2n) is 3.17. The maximum Gasteiger partial charge on any atom is 0.455 e. The molecule has 94 valence electrons. The van der Waals surface area contributed by atoms with Crippen LogP contribution in [0.15, 0.2) is 24.3 Å². The van der Waals surface area contributed by atoms with E-state index in [1.807, 2.05) is 0 Å². The molecule has 2 aromatic rings. The van der Waals surface area contributed by atoms with E-state index in [4.69, 9.17) is 0 Å². The lowest BCUT2D eigenvalue weighted by atomic mass is 10.3. The number of halogens is 3. The largest absolute Gasteiger partial charge is 0.455 e. The zero-order valence-electron chi connectivity index (χ0n) is 8.50. The topological polar surface area (TPSA) is 86.7 Å². The third-order valence-electron chi connectivity index (χ3n) is 1.96. The first-order chi connectivity index (χ1) is 8.38. The third-order valence-corrected chi connectivity index (χ3v) is 1.96. The van der Waals surface area contributed by atoms with Crippen molar-refractivity contribution in [3.8, 4) is 5.69 Å². The minimum absolute atomic E-state index is 0.142. The molecular weight excluding hydrogens is 255 g/mol. The van der Waals surface area contributed by atoms with Gasteiger partial charge in [0.2, 0.25) is 0 Å². The lowest BCUT2D eigenvalue weighted by Crippen LogP contribution is -2.08. The highest BCUT2D eigenvalue weighted by molar-refractivity contribution is 5.39. The van der Waals surface area contributed by atoms with E-state index in [1.165, 1.54) is 12.1 Å². The fraction of sp³-hybridized carbons (Fsp3) is 0.125. The normalized spacial score (nSPS) is 11.5. The van der Waals surface area contributed by atoms with Crippen LogP contribution in [0.2, 0.25) is 0 Å². The van der Waals surface area contributed by atoms with E-state index in [0.29, 0.717) is 4.80 Å². The number of aromatic nitrogens is 4. The van der Waals surface area contributed by atoms with Gasteiger partial charge in [-0.2, -0.15) is 13.2 Å². The molecule has 1 heterocycles. The van der Waals surface area contributed by atoms with Crippen molar-refractivity contribution in [1.29, 1.82) is 0 Å². The molecule has 0 amide bonds. The molecule has 18 heavy (non-hydrogen) atoms. The number of benzene rings is 1. The number of hydrogen-bond donors (Lipinski definition) is 0. The minimum atomic E-state index is -4.68. The fourth-order valence-electron chi connectivity index (χ4n) is 1.14. The predicted molar refractivity (Wildman–Crippen MR) is 50.8 cm³/mol. The maximum absolute atomic E-state index is 12.2. The number of non-ortho nitro benzene ring substituents is 1. The smallest absolute Gasteiger partial charge is 0.258 e. The van der Waals surface area contributed by atoms with Gasteiger partial charge in [-0.1, -0.05) is 0 Å². The van der Waals surface area contributed by atoms with Crippen LogP contribution in [0.25, 0.3) is 5.69 Å². The average Bonchev–Trinajstić information content (AvgIpc) is 2.78. The Morgan fingerprint density at radius 2 is 1.83 bits per heavy atom. The molecule has 0 unspecified atom stereocenters. The van der Waals surface area contributed by atoms with Gasteiger partial charge in [0.15, 0.2) is 0 Å². The van der Waals surface area contributed by atoms with Crippen molar-refractivity contribution in [2.75, 3.05) is 0 Å². The predicted octanol–water partition coefficient (Wildman–Crippen LogP) is 1.59. The highest BCUT2D eigenvalue weighted by Crippen LogP contribution is 2.25. The van der Waals surface area contributed by atoms with Gasteiger partial charge < -0.3 is 0 Å². The van der Waals surface area contributed by atoms with Crippen molar-refractivity contribution in [3.63, 3.8) is 0 Å². The van der Waals surface area contributed by atoms with E-state index in [-0.39, 0.29) is 11.4 Å². The Balaban J connectivity index is 2.32. The lowest BCUT2D eigenvalue weighted by molar-refractivity contribution is -0.384. The van der Waals surface area contributed by atoms with Gasteiger partial charge in [-0.25, -0.2) is 0 Å². The van der Waals surface area contributed by atoms with E-state index in [0.717, 1.165) is 12.1 Å². The molecular formula is C8H4F3N5O2. The molecule has 2 rings (SSSR count). The van der Waals surface area contributed by atoms with Crippen LogP contribution in [0, 0.1) is 10.1 Å². The van der Waals surface area contributed by atoms with E-state index in [1.54, 1.807) is 0 Å². The van der Waals surface area contributed by atoms with Gasteiger partial charge in [0.1, 0.15) is 0 Å². The first-order valence-electron chi connectivity index (χ1n) is 4.50. The Bertz CT molecular complexity index is 577. The zero-order chi connectivity index (χ0) is 13.3. The van der Waals surface area contributed by atoms with Gasteiger partial charge in [0.05, 0.1) is 10.6 Å². The van der Waals surface area contributed by atoms with E-state index in [2.05, 4.69) is 15.4 Å². The van der Waals surface area contributed by atoms with Crippen LogP contribution < -0.4 is 0 Å². The molecule has 0 saturated carbocycles. The molecule has 0 bridgehead atoms. The Morgan fingerprint density at radius 1 is 1.22 bits per heavy atom. The molecule has 0 aliphatic carbocycles. The average molecular weight is 259 g/mol. The van der Waals surface area contributed by atoms with Gasteiger partial charge in [-0.3, -0.25) is 10.1 Å². The quantitative estimate of drug-likeness (QED) is 0.603. The highest BCUT2D eigenvalue weighted by atomic mass is 19.4. The van der Waals surface area contributed by atoms with Crippen LogP contribution >= 0.6 is 0 Å². The molecule has 0 radical (unpaired) electrons. The summed E-state index contributed by atoms with van der Waals surface area (Å²) in [5, 5.41) is 19.6. The standard InChI is InChI=1S/C8H4F3N5O2/c9-8(10,11)7-12-14-15(13-7)5-1-3-6(4-2-5)16(17)18/h1-4H. The van der Waals surface area contributed by atoms with Crippen molar-refractivity contribution in [3.05, 3.63) is 40.2 Å². The first kappa shape index (κ1) is 12.0. The summed E-state index contributed by atoms with van der Waals surface area (Å²) in [6, 6.07) is 4.71. The highest BCUT2D eigenvalue weighted by Gasteiger charge is 2.36. The monoisotopic (exact) mass is 259 g/mol. The fourth-order valence-corrected chi connectivity index (χ4v) is 1.14. The molecule has 0 aliphatic heterocycles.